The Kier molecular flexibility index (Phi) is 5.56. The third kappa shape index (κ3) is 4.40. The smallest absolute Gasteiger partial charge is 0.258 e. The zero-order valence-corrected chi connectivity index (χ0v) is 15.7. The van der Waals surface area contributed by atoms with Gasteiger partial charge in [0.15, 0.2) is 0 Å². The molecule has 2 N–H and O–H groups in total. The highest BCUT2D eigenvalue weighted by molar-refractivity contribution is 6.40. The second-order valence-electron chi connectivity index (χ2n) is 5.27. The Morgan fingerprint density at radius 1 is 1.00 bits per heavy atom. The van der Waals surface area contributed by atoms with E-state index in [2.05, 4.69) is 25.6 Å². The van der Waals surface area contributed by atoms with Gasteiger partial charge in [0.1, 0.15) is 11.6 Å². The zero-order valence-electron chi connectivity index (χ0n) is 13.4. The largest absolute Gasteiger partial charge is 0.325 e. The molecular weight excluding hydrogens is 397 g/mol. The Balaban J connectivity index is 1.80. The number of rotatable bonds is 4. The maximum atomic E-state index is 12.5. The highest BCUT2D eigenvalue weighted by Gasteiger charge is 2.15. The third-order valence-electron chi connectivity index (χ3n) is 3.29. The molecule has 3 aromatic rings. The average molecular weight is 409 g/mol. The molecule has 0 fully saturated rings. The summed E-state index contributed by atoms with van der Waals surface area (Å²) in [7, 11) is 0. The van der Waals surface area contributed by atoms with Gasteiger partial charge in [0.05, 0.1) is 15.6 Å². The first-order valence-corrected chi connectivity index (χ1v) is 8.55. The molecule has 1 amide bonds. The molecule has 0 aliphatic carbocycles. The number of carbonyl (C=O) groups excluding carboxylic acids is 1. The maximum Gasteiger partial charge on any atom is 0.258 e. The number of anilines is 3. The number of aryl methyl sites for hydroxylation is 1. The van der Waals surface area contributed by atoms with Crippen molar-refractivity contribution in [2.75, 3.05) is 10.6 Å². The summed E-state index contributed by atoms with van der Waals surface area (Å²) in [6, 6.07) is 9.89. The van der Waals surface area contributed by atoms with Crippen molar-refractivity contribution in [2.24, 2.45) is 0 Å². The number of halogens is 3. The molecule has 0 aliphatic heterocycles. The second kappa shape index (κ2) is 7.86. The molecule has 0 radical (unpaired) electrons. The number of benzene rings is 1. The summed E-state index contributed by atoms with van der Waals surface area (Å²) in [5.74, 6) is 0.550. The fourth-order valence-corrected chi connectivity index (χ4v) is 3.01. The van der Waals surface area contributed by atoms with E-state index in [-0.39, 0.29) is 20.9 Å². The van der Waals surface area contributed by atoms with Gasteiger partial charge in [-0.25, -0.2) is 15.0 Å². The Bertz CT molecular complexity index is 940. The summed E-state index contributed by atoms with van der Waals surface area (Å²) in [6.07, 6.45) is 1.54. The lowest BCUT2D eigenvalue weighted by atomic mass is 10.2. The lowest BCUT2D eigenvalue weighted by molar-refractivity contribution is 0.102. The highest BCUT2D eigenvalue weighted by atomic mass is 35.5. The molecule has 0 bridgehead atoms. The third-order valence-corrected chi connectivity index (χ3v) is 4.09. The van der Waals surface area contributed by atoms with E-state index >= 15 is 0 Å². The molecule has 2 aromatic heterocycles. The van der Waals surface area contributed by atoms with Crippen molar-refractivity contribution in [3.05, 3.63) is 69.2 Å². The van der Waals surface area contributed by atoms with Gasteiger partial charge in [-0.1, -0.05) is 29.3 Å². The molecule has 0 unspecified atom stereocenters. The monoisotopic (exact) mass is 407 g/mol. The van der Waals surface area contributed by atoms with Crippen molar-refractivity contribution in [1.82, 2.24) is 15.0 Å². The van der Waals surface area contributed by atoms with Gasteiger partial charge < -0.3 is 10.6 Å². The number of pyridine rings is 1. The van der Waals surface area contributed by atoms with Crippen molar-refractivity contribution < 1.29 is 4.79 Å². The van der Waals surface area contributed by atoms with E-state index in [4.69, 9.17) is 34.8 Å². The molecule has 2 heterocycles. The molecule has 0 atom stereocenters. The molecule has 0 saturated carbocycles. The van der Waals surface area contributed by atoms with Crippen molar-refractivity contribution in [3.8, 4) is 0 Å². The van der Waals surface area contributed by atoms with Crippen LogP contribution in [0.5, 0.6) is 0 Å². The van der Waals surface area contributed by atoms with Crippen LogP contribution < -0.4 is 10.6 Å². The zero-order chi connectivity index (χ0) is 18.7. The minimum atomic E-state index is -0.418. The Morgan fingerprint density at radius 2 is 1.73 bits per heavy atom. The van der Waals surface area contributed by atoms with Crippen molar-refractivity contribution >= 4 is 58.0 Å². The van der Waals surface area contributed by atoms with Crippen molar-refractivity contribution in [3.63, 3.8) is 0 Å². The Morgan fingerprint density at radius 3 is 2.42 bits per heavy atom. The quantitative estimate of drug-likeness (QED) is 0.585. The van der Waals surface area contributed by atoms with Gasteiger partial charge in [-0.15, -0.1) is 0 Å². The predicted molar refractivity (Wildman–Crippen MR) is 104 cm³/mol. The summed E-state index contributed by atoms with van der Waals surface area (Å²) in [6.45, 7) is 1.80. The van der Waals surface area contributed by atoms with Gasteiger partial charge in [-0.2, -0.15) is 0 Å². The standard InChI is InChI=1S/C17H12Cl3N5O/c1-9-7-14(25-17(20)22-9)24-13-8-10(5-6-21-13)23-16(26)15-11(18)3-2-4-12(15)19/h2-8H,1H3,(H2,21,22,23,24,25,26). The molecule has 0 saturated heterocycles. The summed E-state index contributed by atoms with van der Waals surface area (Å²) in [5, 5.41) is 6.43. The molecule has 9 heteroatoms. The predicted octanol–water partition coefficient (Wildman–Crippen LogP) is 5.14. The highest BCUT2D eigenvalue weighted by Crippen LogP contribution is 2.26. The van der Waals surface area contributed by atoms with Crippen molar-refractivity contribution in [2.45, 2.75) is 6.92 Å². The van der Waals surface area contributed by atoms with Crippen LogP contribution in [-0.4, -0.2) is 20.9 Å². The molecule has 132 valence electrons. The van der Waals surface area contributed by atoms with Crippen LogP contribution in [0.15, 0.2) is 42.6 Å². The van der Waals surface area contributed by atoms with E-state index in [0.29, 0.717) is 23.0 Å². The molecular formula is C17H12Cl3N5O. The molecule has 1 aromatic carbocycles. The number of aromatic nitrogens is 3. The van der Waals surface area contributed by atoms with E-state index in [0.717, 1.165) is 0 Å². The van der Waals surface area contributed by atoms with Gasteiger partial charge in [-0.3, -0.25) is 4.79 Å². The first kappa shape index (κ1) is 18.4. The maximum absolute atomic E-state index is 12.5. The summed E-state index contributed by atoms with van der Waals surface area (Å²) >= 11 is 18.0. The molecule has 26 heavy (non-hydrogen) atoms. The second-order valence-corrected chi connectivity index (χ2v) is 6.42. The van der Waals surface area contributed by atoms with Crippen LogP contribution in [0.1, 0.15) is 16.1 Å². The van der Waals surface area contributed by atoms with Crippen LogP contribution in [0.2, 0.25) is 15.3 Å². The van der Waals surface area contributed by atoms with Crippen LogP contribution >= 0.6 is 34.8 Å². The number of nitrogens with one attached hydrogen (secondary N) is 2. The lowest BCUT2D eigenvalue weighted by Crippen LogP contribution is -2.13. The van der Waals surface area contributed by atoms with Crippen LogP contribution in [-0.2, 0) is 0 Å². The Labute approximate surface area is 164 Å². The van der Waals surface area contributed by atoms with Crippen LogP contribution in [0, 0.1) is 6.92 Å². The van der Waals surface area contributed by atoms with E-state index in [1.807, 2.05) is 0 Å². The topological polar surface area (TPSA) is 79.8 Å². The SMILES string of the molecule is Cc1cc(Nc2cc(NC(=O)c3c(Cl)cccc3Cl)ccn2)nc(Cl)n1. The first-order chi connectivity index (χ1) is 12.4. The fourth-order valence-electron chi connectivity index (χ4n) is 2.21. The first-order valence-electron chi connectivity index (χ1n) is 7.42. The summed E-state index contributed by atoms with van der Waals surface area (Å²) < 4.78 is 0. The molecule has 3 rings (SSSR count). The fraction of sp³-hybridized carbons (Fsp3) is 0.0588. The van der Waals surface area contributed by atoms with E-state index in [9.17, 15) is 4.79 Å². The van der Waals surface area contributed by atoms with E-state index in [1.54, 1.807) is 49.5 Å². The van der Waals surface area contributed by atoms with Gasteiger partial charge in [-0.05, 0) is 36.7 Å². The number of hydrogen-bond acceptors (Lipinski definition) is 5. The number of hydrogen-bond donors (Lipinski definition) is 2. The normalized spacial score (nSPS) is 10.5. The van der Waals surface area contributed by atoms with Gasteiger partial charge in [0.25, 0.3) is 5.91 Å². The summed E-state index contributed by atoms with van der Waals surface area (Å²) in [4.78, 5) is 24.7. The van der Waals surface area contributed by atoms with E-state index < -0.39 is 5.91 Å². The van der Waals surface area contributed by atoms with Crippen LogP contribution in [0.3, 0.4) is 0 Å². The lowest BCUT2D eigenvalue weighted by Gasteiger charge is -2.10. The van der Waals surface area contributed by atoms with E-state index in [1.165, 1.54) is 0 Å². The van der Waals surface area contributed by atoms with Gasteiger partial charge in [0.2, 0.25) is 5.28 Å². The van der Waals surface area contributed by atoms with Crippen LogP contribution in [0.4, 0.5) is 17.3 Å². The average Bonchev–Trinajstić information content (AvgIpc) is 2.54. The molecule has 6 nitrogen and oxygen atoms in total. The Hall–Kier alpha value is -2.41. The molecule has 0 aliphatic rings. The molecule has 0 spiro atoms. The summed E-state index contributed by atoms with van der Waals surface area (Å²) in [5.41, 5.74) is 1.44. The number of amides is 1. The van der Waals surface area contributed by atoms with Crippen LogP contribution in [0.25, 0.3) is 0 Å². The van der Waals surface area contributed by atoms with Gasteiger partial charge in [0, 0.05) is 29.7 Å². The number of carbonyl (C=O) groups is 1. The van der Waals surface area contributed by atoms with Crippen molar-refractivity contribution in [1.29, 1.82) is 0 Å². The minimum Gasteiger partial charge on any atom is -0.325 e. The number of nitrogens with zero attached hydrogens (tertiary/aromatic N) is 3. The van der Waals surface area contributed by atoms with Gasteiger partial charge >= 0.3 is 0 Å². The minimum absolute atomic E-state index is 0.130.